The van der Waals surface area contributed by atoms with Gasteiger partial charge in [-0.05, 0) is 39.8 Å². The Morgan fingerprint density at radius 3 is 2.38 bits per heavy atom. The second kappa shape index (κ2) is 4.56. The molecule has 2 heterocycles. The average molecular weight is 246 g/mol. The Morgan fingerprint density at radius 2 is 1.75 bits per heavy atom. The molecule has 0 fully saturated rings. The van der Waals surface area contributed by atoms with Crippen molar-refractivity contribution >= 4 is 27.6 Å². The molecule has 1 aromatic carbocycles. The van der Waals surface area contributed by atoms with E-state index in [0.29, 0.717) is 0 Å². The van der Waals surface area contributed by atoms with Gasteiger partial charge in [-0.3, -0.25) is 0 Å². The monoisotopic (exact) mass is 246 g/mol. The number of hydrogen-bond donors (Lipinski definition) is 1. The Bertz CT molecular complexity index is 454. The molecule has 0 spiro atoms. The minimum absolute atomic E-state index is 0.152. The molecular weight excluding hydrogens is 232 g/mol. The van der Waals surface area contributed by atoms with Crippen molar-refractivity contribution in [2.45, 2.75) is 11.3 Å². The molecule has 0 aliphatic carbocycles. The van der Waals surface area contributed by atoms with E-state index in [4.69, 9.17) is 0 Å². The first-order chi connectivity index (χ1) is 7.93. The number of thiol groups is 1. The lowest BCUT2D eigenvalue weighted by molar-refractivity contribution is 1.28. The van der Waals surface area contributed by atoms with Crippen molar-refractivity contribution in [2.24, 2.45) is 0 Å². The molecule has 16 heavy (non-hydrogen) atoms. The Kier molecular flexibility index (Phi) is 2.94. The molecule has 0 N–H and O–H groups in total. The lowest BCUT2D eigenvalue weighted by Gasteiger charge is -2.11. The first kappa shape index (κ1) is 10.3. The molecule has 2 heteroatoms. The third-order valence-corrected chi connectivity index (χ3v) is 5.79. The molecule has 0 nitrogen and oxygen atoms in total. The van der Waals surface area contributed by atoms with Crippen LogP contribution in [0.1, 0.15) is 12.0 Å². The molecule has 0 radical (unpaired) electrons. The minimum Gasteiger partial charge on any atom is -0.186 e. The molecular formula is C14H14S2. The van der Waals surface area contributed by atoms with Crippen LogP contribution in [-0.2, 0) is 0 Å². The highest BCUT2D eigenvalue weighted by atomic mass is 32.2. The predicted molar refractivity (Wildman–Crippen MR) is 77.0 cm³/mol. The van der Waals surface area contributed by atoms with E-state index < -0.39 is 0 Å². The molecule has 0 unspecified atom stereocenters. The topological polar surface area (TPSA) is 0 Å². The highest BCUT2D eigenvalue weighted by Gasteiger charge is 2.08. The minimum atomic E-state index is -0.152. The smallest absolute Gasteiger partial charge is 0.0105 e. The summed E-state index contributed by atoms with van der Waals surface area (Å²) in [5.41, 5.74) is 1.38. The zero-order valence-electron chi connectivity index (χ0n) is 8.97. The maximum atomic E-state index is 2.35. The zero-order chi connectivity index (χ0) is 10.8. The molecule has 82 valence electrons. The number of allylic oxidation sites excluding steroid dienone is 3. The molecule has 2 aliphatic rings. The fourth-order valence-corrected chi connectivity index (χ4v) is 4.42. The summed E-state index contributed by atoms with van der Waals surface area (Å²) in [7, 11) is -0.152. The fourth-order valence-electron chi connectivity index (χ4n) is 1.92. The van der Waals surface area contributed by atoms with E-state index in [-0.39, 0.29) is 10.9 Å². The molecule has 1 aromatic rings. The van der Waals surface area contributed by atoms with E-state index in [9.17, 15) is 0 Å². The summed E-state index contributed by atoms with van der Waals surface area (Å²) >= 11 is 1.97. The number of hydrogen-bond acceptors (Lipinski definition) is 1. The normalized spacial score (nSPS) is 20.5. The molecule has 2 aliphatic heterocycles. The van der Waals surface area contributed by atoms with Gasteiger partial charge in [0.25, 0.3) is 0 Å². The molecule has 0 amide bonds. The quantitative estimate of drug-likeness (QED) is 0.746. The highest BCUT2D eigenvalue weighted by molar-refractivity contribution is 8.22. The largest absolute Gasteiger partial charge is 0.186 e. The van der Waals surface area contributed by atoms with Crippen molar-refractivity contribution in [1.29, 1.82) is 0 Å². The fraction of sp³-hybridized carbons (Fsp3) is 0.143. The van der Waals surface area contributed by atoms with Gasteiger partial charge in [0.2, 0.25) is 0 Å². The lowest BCUT2D eigenvalue weighted by Crippen LogP contribution is -1.79. The maximum absolute atomic E-state index is 2.35. The van der Waals surface area contributed by atoms with Gasteiger partial charge in [0.05, 0.1) is 0 Å². The summed E-state index contributed by atoms with van der Waals surface area (Å²) in [5.74, 6) is 1.25. The third kappa shape index (κ3) is 2.00. The molecule has 0 bridgehead atoms. The van der Waals surface area contributed by atoms with Gasteiger partial charge in [0.15, 0.2) is 0 Å². The first-order valence-electron chi connectivity index (χ1n) is 5.50. The van der Waals surface area contributed by atoms with Gasteiger partial charge < -0.3 is 0 Å². The summed E-state index contributed by atoms with van der Waals surface area (Å²) in [5, 5.41) is 4.60. The lowest BCUT2D eigenvalue weighted by atomic mass is 10.2. The van der Waals surface area contributed by atoms with Crippen molar-refractivity contribution < 1.29 is 0 Å². The van der Waals surface area contributed by atoms with Gasteiger partial charge in [0.1, 0.15) is 0 Å². The van der Waals surface area contributed by atoms with Crippen molar-refractivity contribution in [1.82, 2.24) is 0 Å². The SMILES string of the molecule is C1=C[SH](c2ccc(C3=CCCS3)cc2)C=C1. The Balaban J connectivity index is 1.84. The van der Waals surface area contributed by atoms with E-state index >= 15 is 0 Å². The summed E-state index contributed by atoms with van der Waals surface area (Å²) in [4.78, 5) is 2.91. The van der Waals surface area contributed by atoms with Gasteiger partial charge in [-0.25, -0.2) is 0 Å². The van der Waals surface area contributed by atoms with Gasteiger partial charge in [-0.15, -0.1) is 11.8 Å². The summed E-state index contributed by atoms with van der Waals surface area (Å²) in [6.07, 6.45) is 7.87. The Morgan fingerprint density at radius 1 is 1.00 bits per heavy atom. The van der Waals surface area contributed by atoms with E-state index in [1.165, 1.54) is 27.5 Å². The molecule has 0 atom stereocenters. The van der Waals surface area contributed by atoms with E-state index in [1.807, 2.05) is 11.8 Å². The van der Waals surface area contributed by atoms with E-state index in [0.717, 1.165) is 0 Å². The number of thioether (sulfide) groups is 1. The summed E-state index contributed by atoms with van der Waals surface area (Å²) < 4.78 is 0. The van der Waals surface area contributed by atoms with Crippen LogP contribution >= 0.6 is 22.7 Å². The number of benzene rings is 1. The van der Waals surface area contributed by atoms with Crippen LogP contribution in [0.3, 0.4) is 0 Å². The van der Waals surface area contributed by atoms with Crippen LogP contribution in [0, 0.1) is 0 Å². The average Bonchev–Trinajstić information content (AvgIpc) is 3.03. The van der Waals surface area contributed by atoms with Gasteiger partial charge in [-0.2, -0.15) is 10.9 Å². The maximum Gasteiger partial charge on any atom is 0.0105 e. The van der Waals surface area contributed by atoms with Crippen LogP contribution in [0.5, 0.6) is 0 Å². The Hall–Kier alpha value is -0.860. The van der Waals surface area contributed by atoms with Crippen LogP contribution in [0.4, 0.5) is 0 Å². The standard InChI is InChI=1S/C14H14S2/c1-2-11-16(10-1)13-7-5-12(6-8-13)14-4-3-9-15-14/h1-2,4-8,10-11,16H,3,9H2. The van der Waals surface area contributed by atoms with Crippen LogP contribution in [0.2, 0.25) is 0 Å². The molecule has 0 saturated carbocycles. The van der Waals surface area contributed by atoms with Crippen LogP contribution in [-0.4, -0.2) is 5.75 Å². The van der Waals surface area contributed by atoms with Gasteiger partial charge >= 0.3 is 0 Å². The van der Waals surface area contributed by atoms with Gasteiger partial charge in [-0.1, -0.05) is 30.4 Å². The highest BCUT2D eigenvalue weighted by Crippen LogP contribution is 2.43. The van der Waals surface area contributed by atoms with E-state index in [1.54, 1.807) is 0 Å². The Labute approximate surface area is 103 Å². The van der Waals surface area contributed by atoms with E-state index in [2.05, 4.69) is 53.3 Å². The number of rotatable bonds is 2. The van der Waals surface area contributed by atoms with Crippen molar-refractivity contribution in [2.75, 3.05) is 5.75 Å². The van der Waals surface area contributed by atoms with Crippen LogP contribution in [0.15, 0.2) is 58.2 Å². The second-order valence-corrected chi connectivity index (χ2v) is 6.91. The third-order valence-electron chi connectivity index (χ3n) is 2.76. The van der Waals surface area contributed by atoms with Crippen LogP contribution in [0.25, 0.3) is 4.91 Å². The van der Waals surface area contributed by atoms with Crippen molar-refractivity contribution in [3.63, 3.8) is 0 Å². The summed E-state index contributed by atoms with van der Waals surface area (Å²) in [6, 6.07) is 9.09. The van der Waals surface area contributed by atoms with Crippen molar-refractivity contribution in [3.05, 3.63) is 58.9 Å². The second-order valence-electron chi connectivity index (χ2n) is 3.84. The van der Waals surface area contributed by atoms with Crippen LogP contribution < -0.4 is 0 Å². The van der Waals surface area contributed by atoms with Crippen molar-refractivity contribution in [3.8, 4) is 0 Å². The zero-order valence-corrected chi connectivity index (χ0v) is 10.7. The molecule has 0 aromatic heterocycles. The summed E-state index contributed by atoms with van der Waals surface area (Å²) in [6.45, 7) is 0. The molecule has 0 saturated heterocycles. The van der Waals surface area contributed by atoms with Gasteiger partial charge in [0, 0.05) is 10.7 Å². The predicted octanol–water partition coefficient (Wildman–Crippen LogP) is 4.57. The molecule has 3 rings (SSSR count). The first-order valence-corrected chi connectivity index (χ1v) is 7.97.